The van der Waals surface area contributed by atoms with Crippen LogP contribution in [-0.2, 0) is 17.8 Å². The lowest BCUT2D eigenvalue weighted by atomic mass is 10.0. The largest absolute Gasteiger partial charge is 0.370 e. The number of carbonyl (C=O) groups is 2. The molecular formula is C19H26N4O2S. The molecule has 1 heterocycles. The molecule has 2 rings (SSSR count). The number of hydrogen-bond acceptors (Lipinski definition) is 5. The molecule has 0 atom stereocenters. The molecule has 0 bridgehead atoms. The summed E-state index contributed by atoms with van der Waals surface area (Å²) in [5, 5.41) is 9.12. The van der Waals surface area contributed by atoms with E-state index in [-0.39, 0.29) is 18.1 Å². The Labute approximate surface area is 158 Å². The van der Waals surface area contributed by atoms with Crippen molar-refractivity contribution in [3.63, 3.8) is 0 Å². The molecule has 0 aliphatic rings. The Hall–Kier alpha value is -2.15. The zero-order chi connectivity index (χ0) is 19.3. The summed E-state index contributed by atoms with van der Waals surface area (Å²) >= 11 is 1.38. The van der Waals surface area contributed by atoms with E-state index in [4.69, 9.17) is 5.73 Å². The summed E-state index contributed by atoms with van der Waals surface area (Å²) in [6.07, 6.45) is 0.697. The zero-order valence-electron chi connectivity index (χ0n) is 15.8. The van der Waals surface area contributed by atoms with Gasteiger partial charge in [0.05, 0.1) is 5.75 Å². The number of aromatic nitrogens is 3. The third-order valence-electron chi connectivity index (χ3n) is 3.95. The molecule has 0 radical (unpaired) electrons. The molecule has 0 saturated heterocycles. The van der Waals surface area contributed by atoms with Crippen molar-refractivity contribution in [3.8, 4) is 0 Å². The second-order valence-corrected chi connectivity index (χ2v) is 7.84. The van der Waals surface area contributed by atoms with Gasteiger partial charge >= 0.3 is 0 Å². The van der Waals surface area contributed by atoms with E-state index < -0.39 is 0 Å². The fourth-order valence-corrected chi connectivity index (χ4v) is 3.58. The Kier molecular flexibility index (Phi) is 6.97. The molecule has 1 aromatic heterocycles. The molecule has 0 unspecified atom stereocenters. The van der Waals surface area contributed by atoms with Gasteiger partial charge in [-0.2, -0.15) is 0 Å². The molecule has 1 amide bonds. The van der Waals surface area contributed by atoms with Crippen LogP contribution in [0.15, 0.2) is 23.4 Å². The first kappa shape index (κ1) is 20.2. The van der Waals surface area contributed by atoms with Crippen LogP contribution in [0.5, 0.6) is 0 Å². The quantitative estimate of drug-likeness (QED) is 0.538. The average molecular weight is 375 g/mol. The lowest BCUT2D eigenvalue weighted by Gasteiger charge is -2.12. The minimum atomic E-state index is -0.358. The maximum Gasteiger partial charge on any atom is 0.217 e. The summed E-state index contributed by atoms with van der Waals surface area (Å²) in [5.41, 5.74) is 8.11. The van der Waals surface area contributed by atoms with Crippen LogP contribution in [0.1, 0.15) is 47.6 Å². The van der Waals surface area contributed by atoms with Gasteiger partial charge in [-0.1, -0.05) is 49.4 Å². The first-order valence-corrected chi connectivity index (χ1v) is 9.70. The summed E-state index contributed by atoms with van der Waals surface area (Å²) in [4.78, 5) is 23.6. The summed E-state index contributed by atoms with van der Waals surface area (Å²) in [6.45, 7) is 8.91. The number of amides is 1. The van der Waals surface area contributed by atoms with Crippen molar-refractivity contribution >= 4 is 23.5 Å². The minimum Gasteiger partial charge on any atom is -0.370 e. The molecule has 7 heteroatoms. The lowest BCUT2D eigenvalue weighted by molar-refractivity contribution is -0.118. The van der Waals surface area contributed by atoms with Gasteiger partial charge in [-0.15, -0.1) is 10.2 Å². The van der Waals surface area contributed by atoms with Crippen LogP contribution in [0.3, 0.4) is 0 Å². The summed E-state index contributed by atoms with van der Waals surface area (Å²) in [5.74, 6) is 1.15. The minimum absolute atomic E-state index is 0.0743. The maximum atomic E-state index is 12.6. The second kappa shape index (κ2) is 8.98. The smallest absolute Gasteiger partial charge is 0.217 e. The highest BCUT2D eigenvalue weighted by molar-refractivity contribution is 7.99. The maximum absolute atomic E-state index is 12.6. The molecular weight excluding hydrogens is 348 g/mol. The molecule has 0 aliphatic carbocycles. The number of aryl methyl sites for hydroxylation is 3. The van der Waals surface area contributed by atoms with Gasteiger partial charge in [0.25, 0.3) is 0 Å². The monoisotopic (exact) mass is 374 g/mol. The highest BCUT2D eigenvalue weighted by Crippen LogP contribution is 2.22. The van der Waals surface area contributed by atoms with Crippen LogP contribution in [0.4, 0.5) is 0 Å². The molecule has 2 N–H and O–H groups in total. The van der Waals surface area contributed by atoms with Gasteiger partial charge in [-0.25, -0.2) is 0 Å². The second-order valence-electron chi connectivity index (χ2n) is 6.90. The average Bonchev–Trinajstić information content (AvgIpc) is 2.91. The molecule has 1 aromatic carbocycles. The van der Waals surface area contributed by atoms with Crippen molar-refractivity contribution in [1.82, 2.24) is 14.8 Å². The van der Waals surface area contributed by atoms with Gasteiger partial charge < -0.3 is 10.3 Å². The van der Waals surface area contributed by atoms with Crippen molar-refractivity contribution in [2.24, 2.45) is 11.7 Å². The van der Waals surface area contributed by atoms with Crippen LogP contribution in [-0.4, -0.2) is 32.2 Å². The van der Waals surface area contributed by atoms with Gasteiger partial charge in [0.1, 0.15) is 5.82 Å². The summed E-state index contributed by atoms with van der Waals surface area (Å²) < 4.78 is 1.99. The van der Waals surface area contributed by atoms with Gasteiger partial charge in [-0.05, 0) is 25.3 Å². The topological polar surface area (TPSA) is 90.9 Å². The number of Topliss-reactive ketones (excluding diaryl/α,β-unsaturated/α-hetero) is 1. The van der Waals surface area contributed by atoms with E-state index in [9.17, 15) is 9.59 Å². The fourth-order valence-electron chi connectivity index (χ4n) is 2.73. The molecule has 0 spiro atoms. The van der Waals surface area contributed by atoms with E-state index >= 15 is 0 Å². The van der Waals surface area contributed by atoms with Crippen molar-refractivity contribution in [3.05, 3.63) is 40.7 Å². The number of nitrogens with zero attached hydrogens (tertiary/aromatic N) is 3. The summed E-state index contributed by atoms with van der Waals surface area (Å²) in [7, 11) is 0. The van der Waals surface area contributed by atoms with E-state index in [2.05, 4.69) is 24.0 Å². The Balaban J connectivity index is 2.12. The number of hydrogen-bond donors (Lipinski definition) is 1. The van der Waals surface area contributed by atoms with Crippen LogP contribution in [0.2, 0.25) is 0 Å². The SMILES string of the molecule is Cc1ccc(C(=O)CSc2nnc(CCC(N)=O)n2CC(C)C)c(C)c1. The van der Waals surface area contributed by atoms with Crippen molar-refractivity contribution in [2.75, 3.05) is 5.75 Å². The fraction of sp³-hybridized carbons (Fsp3) is 0.474. The molecule has 2 aromatic rings. The number of ketones is 1. The normalized spacial score (nSPS) is 11.1. The standard InChI is InChI=1S/C19H26N4O2S/c1-12(2)10-23-18(8-7-17(20)25)21-22-19(23)26-11-16(24)15-6-5-13(3)9-14(15)4/h5-6,9,12H,7-8,10-11H2,1-4H3,(H2,20,25). The number of carbonyl (C=O) groups excluding carboxylic acids is 2. The number of primary amides is 1. The highest BCUT2D eigenvalue weighted by Gasteiger charge is 2.17. The first-order chi connectivity index (χ1) is 12.3. The number of thioether (sulfide) groups is 1. The number of nitrogens with two attached hydrogens (primary N) is 1. The van der Waals surface area contributed by atoms with E-state index in [0.717, 1.165) is 29.1 Å². The van der Waals surface area contributed by atoms with Crippen LogP contribution < -0.4 is 5.73 Å². The molecule has 6 nitrogen and oxygen atoms in total. The molecule has 0 saturated carbocycles. The Morgan fingerprint density at radius 1 is 1.23 bits per heavy atom. The van der Waals surface area contributed by atoms with Crippen molar-refractivity contribution < 1.29 is 9.59 Å². The predicted octanol–water partition coefficient (Wildman–Crippen LogP) is 2.94. The van der Waals surface area contributed by atoms with E-state index in [1.165, 1.54) is 11.8 Å². The molecule has 140 valence electrons. The Morgan fingerprint density at radius 2 is 1.96 bits per heavy atom. The van der Waals surface area contributed by atoms with E-state index in [0.29, 0.717) is 23.2 Å². The van der Waals surface area contributed by atoms with E-state index in [1.807, 2.05) is 36.6 Å². The van der Waals surface area contributed by atoms with Crippen molar-refractivity contribution in [2.45, 2.75) is 52.2 Å². The predicted molar refractivity (Wildman–Crippen MR) is 103 cm³/mol. The first-order valence-electron chi connectivity index (χ1n) is 8.71. The Bertz CT molecular complexity index is 799. The van der Waals surface area contributed by atoms with Crippen molar-refractivity contribution in [1.29, 1.82) is 0 Å². The van der Waals surface area contributed by atoms with Crippen LogP contribution in [0.25, 0.3) is 0 Å². The molecule has 0 fully saturated rings. The zero-order valence-corrected chi connectivity index (χ0v) is 16.6. The van der Waals surface area contributed by atoms with Gasteiger partial charge in [-0.3, -0.25) is 9.59 Å². The van der Waals surface area contributed by atoms with Gasteiger partial charge in [0, 0.05) is 24.9 Å². The third kappa shape index (κ3) is 5.42. The third-order valence-corrected chi connectivity index (χ3v) is 4.92. The molecule has 0 aliphatic heterocycles. The number of rotatable bonds is 9. The van der Waals surface area contributed by atoms with Crippen LogP contribution >= 0.6 is 11.8 Å². The highest BCUT2D eigenvalue weighted by atomic mass is 32.2. The van der Waals surface area contributed by atoms with Crippen LogP contribution in [0, 0.1) is 19.8 Å². The van der Waals surface area contributed by atoms with Gasteiger partial charge in [0.15, 0.2) is 10.9 Å². The van der Waals surface area contributed by atoms with Gasteiger partial charge in [0.2, 0.25) is 5.91 Å². The van der Waals surface area contributed by atoms with E-state index in [1.54, 1.807) is 0 Å². The summed E-state index contributed by atoms with van der Waals surface area (Å²) in [6, 6.07) is 5.85. The number of benzene rings is 1. The molecule has 26 heavy (non-hydrogen) atoms. The lowest BCUT2D eigenvalue weighted by Crippen LogP contribution is -2.15. The Morgan fingerprint density at radius 3 is 2.58 bits per heavy atom.